The van der Waals surface area contributed by atoms with Crippen molar-refractivity contribution in [3.63, 3.8) is 0 Å². The number of rotatable bonds is 5. The van der Waals surface area contributed by atoms with Crippen molar-refractivity contribution in [1.82, 2.24) is 9.78 Å². The van der Waals surface area contributed by atoms with E-state index in [1.165, 1.54) is 48.5 Å². The number of aryl methyl sites for hydroxylation is 1. The number of carbonyl (C=O) groups is 1. The van der Waals surface area contributed by atoms with Gasteiger partial charge in [-0.15, -0.1) is 0 Å². The van der Waals surface area contributed by atoms with Gasteiger partial charge in [0, 0.05) is 18.2 Å². The number of nitro benzene ring substituents is 1. The van der Waals surface area contributed by atoms with Gasteiger partial charge in [0.15, 0.2) is 0 Å². The van der Waals surface area contributed by atoms with E-state index in [0.29, 0.717) is 11.3 Å². The number of halogens is 3. The fourth-order valence-corrected chi connectivity index (χ4v) is 2.78. The van der Waals surface area contributed by atoms with E-state index in [2.05, 4.69) is 10.4 Å². The molecule has 1 aromatic heterocycles. The molecule has 0 unspecified atom stereocenters. The van der Waals surface area contributed by atoms with Crippen molar-refractivity contribution < 1.29 is 22.9 Å². The van der Waals surface area contributed by atoms with E-state index in [9.17, 15) is 28.1 Å². The van der Waals surface area contributed by atoms with E-state index in [0.717, 1.165) is 10.7 Å². The van der Waals surface area contributed by atoms with Gasteiger partial charge in [-0.25, -0.2) is 4.68 Å². The van der Waals surface area contributed by atoms with Crippen LogP contribution < -0.4 is 5.32 Å². The van der Waals surface area contributed by atoms with E-state index in [-0.39, 0.29) is 23.6 Å². The molecule has 0 aliphatic rings. The van der Waals surface area contributed by atoms with Crippen LogP contribution in [0.3, 0.4) is 0 Å². The molecule has 0 saturated heterocycles. The molecule has 0 atom stereocenters. The molecular weight excluding hydrogens is 389 g/mol. The molecule has 29 heavy (non-hydrogen) atoms. The summed E-state index contributed by atoms with van der Waals surface area (Å²) in [6.07, 6.45) is -4.69. The zero-order valence-electron chi connectivity index (χ0n) is 15.1. The Labute approximate surface area is 162 Å². The number of nitro groups is 1. The van der Waals surface area contributed by atoms with Gasteiger partial charge in [-0.1, -0.05) is 24.3 Å². The second kappa shape index (κ2) is 7.74. The molecule has 1 heterocycles. The van der Waals surface area contributed by atoms with Crippen LogP contribution in [0.2, 0.25) is 0 Å². The third kappa shape index (κ3) is 4.60. The normalized spacial score (nSPS) is 11.3. The van der Waals surface area contributed by atoms with E-state index in [1.807, 2.05) is 0 Å². The predicted molar refractivity (Wildman–Crippen MR) is 98.7 cm³/mol. The van der Waals surface area contributed by atoms with Gasteiger partial charge in [0.1, 0.15) is 5.82 Å². The summed E-state index contributed by atoms with van der Waals surface area (Å²) >= 11 is 0. The predicted octanol–water partition coefficient (Wildman–Crippen LogP) is 4.29. The minimum atomic E-state index is -4.59. The second-order valence-electron chi connectivity index (χ2n) is 6.25. The molecule has 0 radical (unpaired) electrons. The highest BCUT2D eigenvalue weighted by atomic mass is 19.4. The van der Waals surface area contributed by atoms with E-state index < -0.39 is 22.6 Å². The molecule has 0 spiro atoms. The minimum Gasteiger partial charge on any atom is -0.310 e. The third-order valence-electron chi connectivity index (χ3n) is 4.05. The van der Waals surface area contributed by atoms with Crippen LogP contribution >= 0.6 is 0 Å². The maximum atomic E-state index is 13.3. The fraction of sp³-hybridized carbons (Fsp3) is 0.158. The molecule has 10 heteroatoms. The molecule has 0 aliphatic carbocycles. The molecular formula is C19H15F3N4O3. The van der Waals surface area contributed by atoms with Gasteiger partial charge in [0.25, 0.3) is 5.69 Å². The Morgan fingerprint density at radius 1 is 1.17 bits per heavy atom. The van der Waals surface area contributed by atoms with Crippen LogP contribution in [0.15, 0.2) is 54.6 Å². The third-order valence-corrected chi connectivity index (χ3v) is 4.05. The summed E-state index contributed by atoms with van der Waals surface area (Å²) < 4.78 is 41.0. The van der Waals surface area contributed by atoms with Crippen molar-refractivity contribution in [2.24, 2.45) is 0 Å². The number of nitrogens with zero attached hydrogens (tertiary/aromatic N) is 3. The van der Waals surface area contributed by atoms with Crippen molar-refractivity contribution in [2.75, 3.05) is 5.32 Å². The van der Waals surface area contributed by atoms with Gasteiger partial charge in [-0.05, 0) is 24.6 Å². The minimum absolute atomic E-state index is 0.0890. The van der Waals surface area contributed by atoms with Crippen molar-refractivity contribution in [3.8, 4) is 5.69 Å². The van der Waals surface area contributed by atoms with Crippen molar-refractivity contribution >= 4 is 17.4 Å². The summed E-state index contributed by atoms with van der Waals surface area (Å²) in [6, 6.07) is 11.8. The number of aromatic nitrogens is 2. The summed E-state index contributed by atoms with van der Waals surface area (Å²) in [6.45, 7) is 1.60. The first-order chi connectivity index (χ1) is 13.6. The number of non-ortho nitro benzene ring substituents is 1. The van der Waals surface area contributed by atoms with Gasteiger partial charge in [-0.3, -0.25) is 14.9 Å². The van der Waals surface area contributed by atoms with Gasteiger partial charge < -0.3 is 5.32 Å². The van der Waals surface area contributed by atoms with Crippen LogP contribution in [0.1, 0.15) is 16.8 Å². The molecule has 0 saturated carbocycles. The van der Waals surface area contributed by atoms with Crippen LogP contribution in [0, 0.1) is 17.0 Å². The Balaban J connectivity index is 1.85. The number of anilines is 1. The average Bonchev–Trinajstić information content (AvgIpc) is 3.01. The molecule has 150 valence electrons. The lowest BCUT2D eigenvalue weighted by Gasteiger charge is -2.15. The molecule has 1 N–H and O–H groups in total. The molecule has 2 aromatic carbocycles. The lowest BCUT2D eigenvalue weighted by molar-refractivity contribution is -0.384. The smallest absolute Gasteiger partial charge is 0.310 e. The maximum Gasteiger partial charge on any atom is 0.418 e. The number of hydrogen-bond donors (Lipinski definition) is 1. The van der Waals surface area contributed by atoms with Crippen molar-refractivity contribution in [3.05, 3.63) is 81.5 Å². The summed E-state index contributed by atoms with van der Waals surface area (Å²) in [5, 5.41) is 17.3. The quantitative estimate of drug-likeness (QED) is 0.507. The first-order valence-electron chi connectivity index (χ1n) is 8.41. The molecule has 0 bridgehead atoms. The van der Waals surface area contributed by atoms with Crippen molar-refractivity contribution in [2.45, 2.75) is 19.5 Å². The highest BCUT2D eigenvalue weighted by Gasteiger charge is 2.34. The maximum absolute atomic E-state index is 13.3. The average molecular weight is 404 g/mol. The fourth-order valence-electron chi connectivity index (χ4n) is 2.78. The first kappa shape index (κ1) is 20.1. The Kier molecular flexibility index (Phi) is 5.35. The second-order valence-corrected chi connectivity index (χ2v) is 6.25. The van der Waals surface area contributed by atoms with E-state index >= 15 is 0 Å². The summed E-state index contributed by atoms with van der Waals surface area (Å²) in [5.74, 6) is -0.407. The lowest BCUT2D eigenvalue weighted by Crippen LogP contribution is -2.18. The Morgan fingerprint density at radius 3 is 2.45 bits per heavy atom. The van der Waals surface area contributed by atoms with Crippen LogP contribution in [0.5, 0.6) is 0 Å². The van der Waals surface area contributed by atoms with Gasteiger partial charge in [-0.2, -0.15) is 18.3 Å². The van der Waals surface area contributed by atoms with Gasteiger partial charge >= 0.3 is 6.18 Å². The summed E-state index contributed by atoms with van der Waals surface area (Å²) in [4.78, 5) is 22.5. The standard InChI is InChI=1S/C19H15F3N4O3/c1-12-10-17(23-18(27)11-13-6-8-14(9-7-13)26(28)29)25(24-12)16-5-3-2-4-15(16)19(20,21)22/h2-10H,11H2,1H3,(H,23,27). The monoisotopic (exact) mass is 404 g/mol. The molecule has 7 nitrogen and oxygen atoms in total. The topological polar surface area (TPSA) is 90.1 Å². The summed E-state index contributed by atoms with van der Waals surface area (Å²) in [5.41, 5.74) is -0.251. The first-order valence-corrected chi connectivity index (χ1v) is 8.41. The van der Waals surface area contributed by atoms with E-state index in [1.54, 1.807) is 6.92 Å². The van der Waals surface area contributed by atoms with Crippen molar-refractivity contribution in [1.29, 1.82) is 0 Å². The highest BCUT2D eigenvalue weighted by molar-refractivity contribution is 5.91. The van der Waals surface area contributed by atoms with Crippen LogP contribution in [-0.2, 0) is 17.4 Å². The number of para-hydroxylation sites is 1. The number of benzene rings is 2. The number of carbonyl (C=O) groups excluding carboxylic acids is 1. The lowest BCUT2D eigenvalue weighted by atomic mass is 10.1. The van der Waals surface area contributed by atoms with Crippen LogP contribution in [0.25, 0.3) is 5.69 Å². The van der Waals surface area contributed by atoms with E-state index in [4.69, 9.17) is 0 Å². The van der Waals surface area contributed by atoms with Crippen LogP contribution in [-0.4, -0.2) is 20.6 Å². The molecule has 1 amide bonds. The zero-order chi connectivity index (χ0) is 21.2. The SMILES string of the molecule is Cc1cc(NC(=O)Cc2ccc([N+](=O)[O-])cc2)n(-c2ccccc2C(F)(F)F)n1. The van der Waals surface area contributed by atoms with Gasteiger partial charge in [0.05, 0.1) is 28.3 Å². The number of hydrogen-bond acceptors (Lipinski definition) is 4. The number of amides is 1. The Hall–Kier alpha value is -3.69. The van der Waals surface area contributed by atoms with Crippen LogP contribution in [0.4, 0.5) is 24.7 Å². The molecule has 0 aliphatic heterocycles. The highest BCUT2D eigenvalue weighted by Crippen LogP contribution is 2.34. The molecule has 3 aromatic rings. The largest absolute Gasteiger partial charge is 0.418 e. The summed E-state index contributed by atoms with van der Waals surface area (Å²) in [7, 11) is 0. The molecule has 0 fully saturated rings. The Morgan fingerprint density at radius 2 is 1.83 bits per heavy atom. The Bertz CT molecular complexity index is 1060. The number of alkyl halides is 3. The van der Waals surface area contributed by atoms with Gasteiger partial charge in [0.2, 0.25) is 5.91 Å². The molecule has 3 rings (SSSR count). The number of nitrogens with one attached hydrogen (secondary N) is 1. The zero-order valence-corrected chi connectivity index (χ0v) is 15.1.